The van der Waals surface area contributed by atoms with E-state index in [1.165, 1.54) is 0 Å². The van der Waals surface area contributed by atoms with E-state index in [4.69, 9.17) is 4.74 Å². The fourth-order valence-corrected chi connectivity index (χ4v) is 4.45. The van der Waals surface area contributed by atoms with Crippen molar-refractivity contribution in [1.29, 1.82) is 0 Å². The third-order valence-electron chi connectivity index (χ3n) is 5.73. The summed E-state index contributed by atoms with van der Waals surface area (Å²) in [5.74, 6) is 0.575. The van der Waals surface area contributed by atoms with Gasteiger partial charge in [-0.1, -0.05) is 6.92 Å². The van der Waals surface area contributed by atoms with Crippen LogP contribution in [0.4, 0.5) is 4.79 Å². The van der Waals surface area contributed by atoms with Gasteiger partial charge >= 0.3 is 6.03 Å². The maximum absolute atomic E-state index is 12.6. The number of nitrogens with zero attached hydrogens (tertiary/aromatic N) is 3. The van der Waals surface area contributed by atoms with Gasteiger partial charge in [0.2, 0.25) is 0 Å². The number of urea groups is 1. The van der Waals surface area contributed by atoms with Crippen LogP contribution in [0.1, 0.15) is 39.0 Å². The Morgan fingerprint density at radius 3 is 2.71 bits per heavy atom. The summed E-state index contributed by atoms with van der Waals surface area (Å²) < 4.78 is 5.06. The summed E-state index contributed by atoms with van der Waals surface area (Å²) in [6, 6.07) is 0.458. The molecule has 0 aromatic heterocycles. The van der Waals surface area contributed by atoms with Crippen LogP contribution in [-0.4, -0.2) is 93.1 Å². The molecule has 1 aliphatic carbocycles. The smallest absolute Gasteiger partial charge is 0.317 e. The van der Waals surface area contributed by atoms with Crippen LogP contribution in [-0.2, 0) is 9.53 Å². The van der Waals surface area contributed by atoms with Gasteiger partial charge in [-0.05, 0) is 38.1 Å². The van der Waals surface area contributed by atoms with Crippen LogP contribution >= 0.6 is 0 Å². The molecule has 2 aliphatic rings. The van der Waals surface area contributed by atoms with Crippen molar-refractivity contribution in [2.24, 2.45) is 5.92 Å². The van der Waals surface area contributed by atoms with Gasteiger partial charge in [-0.25, -0.2) is 4.79 Å². The van der Waals surface area contributed by atoms with Gasteiger partial charge in [-0.3, -0.25) is 9.69 Å². The fraction of sp³-hybridized carbons (Fsp3) is 0.810. The number of hydrogen-bond donors (Lipinski definition) is 1. The van der Waals surface area contributed by atoms with Crippen molar-refractivity contribution in [2.75, 3.05) is 54.5 Å². The molecule has 160 valence electrons. The second-order valence-electron chi connectivity index (χ2n) is 8.42. The maximum atomic E-state index is 12.6. The average molecular weight is 395 g/mol. The molecule has 28 heavy (non-hydrogen) atoms. The van der Waals surface area contributed by atoms with Crippen LogP contribution in [0.3, 0.4) is 0 Å². The van der Waals surface area contributed by atoms with Crippen molar-refractivity contribution in [3.05, 3.63) is 11.8 Å². The van der Waals surface area contributed by atoms with Crippen molar-refractivity contribution >= 4 is 11.8 Å². The van der Waals surface area contributed by atoms with Gasteiger partial charge in [0.25, 0.3) is 0 Å². The van der Waals surface area contributed by atoms with E-state index in [9.17, 15) is 9.59 Å². The number of Topliss-reactive ketones (excluding diaryl/α,β-unsaturated/α-hetero) is 1. The van der Waals surface area contributed by atoms with Crippen LogP contribution in [0.5, 0.6) is 0 Å². The Kier molecular flexibility index (Phi) is 8.76. The highest BCUT2D eigenvalue weighted by Gasteiger charge is 2.41. The van der Waals surface area contributed by atoms with Crippen molar-refractivity contribution in [3.8, 4) is 0 Å². The summed E-state index contributed by atoms with van der Waals surface area (Å²) in [4.78, 5) is 31.3. The molecule has 0 aromatic rings. The number of ketones is 1. The highest BCUT2D eigenvalue weighted by molar-refractivity contribution is 5.96. The largest absolute Gasteiger partial charge is 0.385 e. The van der Waals surface area contributed by atoms with Gasteiger partial charge in [0, 0.05) is 78.2 Å². The number of piperidine rings is 1. The van der Waals surface area contributed by atoms with E-state index in [-0.39, 0.29) is 17.9 Å². The number of nitrogens with one attached hydrogen (secondary N) is 1. The van der Waals surface area contributed by atoms with E-state index in [0.717, 1.165) is 44.3 Å². The number of likely N-dealkylation sites (tertiary alicyclic amines) is 1. The van der Waals surface area contributed by atoms with Gasteiger partial charge in [0.1, 0.15) is 0 Å². The summed E-state index contributed by atoms with van der Waals surface area (Å²) >= 11 is 0. The zero-order chi connectivity index (χ0) is 20.7. The van der Waals surface area contributed by atoms with E-state index in [2.05, 4.69) is 17.1 Å². The number of methoxy groups -OCH3 is 1. The van der Waals surface area contributed by atoms with E-state index in [0.29, 0.717) is 31.5 Å². The van der Waals surface area contributed by atoms with Gasteiger partial charge < -0.3 is 19.9 Å². The van der Waals surface area contributed by atoms with E-state index < -0.39 is 0 Å². The van der Waals surface area contributed by atoms with Crippen LogP contribution < -0.4 is 5.32 Å². The first kappa shape index (κ1) is 22.7. The molecule has 0 radical (unpaired) electrons. The first-order valence-corrected chi connectivity index (χ1v) is 10.5. The summed E-state index contributed by atoms with van der Waals surface area (Å²) in [5.41, 5.74) is 0.938. The predicted molar refractivity (Wildman–Crippen MR) is 111 cm³/mol. The van der Waals surface area contributed by atoms with Gasteiger partial charge in [-0.2, -0.15) is 0 Å². The maximum Gasteiger partial charge on any atom is 0.317 e. The predicted octanol–water partition coefficient (Wildman–Crippen LogP) is 1.94. The molecule has 7 nitrogen and oxygen atoms in total. The lowest BCUT2D eigenvalue weighted by Crippen LogP contribution is -2.58. The number of rotatable bonds is 8. The molecule has 0 spiro atoms. The topological polar surface area (TPSA) is 65.1 Å². The quantitative estimate of drug-likeness (QED) is 0.503. The molecule has 1 N–H and O–H groups in total. The lowest BCUT2D eigenvalue weighted by molar-refractivity contribution is -0.119. The molecule has 2 fully saturated rings. The number of ether oxygens (including phenoxy) is 1. The zero-order valence-corrected chi connectivity index (χ0v) is 18.2. The lowest BCUT2D eigenvalue weighted by atomic mass is 9.74. The number of hydrogen-bond acceptors (Lipinski definition) is 5. The molecular formula is C21H38N4O3. The Hall–Kier alpha value is -1.60. The highest BCUT2D eigenvalue weighted by Crippen LogP contribution is 2.36. The first-order chi connectivity index (χ1) is 13.3. The third kappa shape index (κ3) is 6.21. The summed E-state index contributed by atoms with van der Waals surface area (Å²) in [6.07, 6.45) is 6.16. The number of carbonyl (C=O) groups is 2. The van der Waals surface area contributed by atoms with E-state index in [1.54, 1.807) is 12.0 Å². The molecular weight excluding hydrogens is 356 g/mol. The number of fused-ring (bicyclic) bond motifs is 1. The second kappa shape index (κ2) is 10.8. The number of amides is 2. The van der Waals surface area contributed by atoms with E-state index in [1.807, 2.05) is 32.2 Å². The molecule has 1 heterocycles. The zero-order valence-electron chi connectivity index (χ0n) is 18.2. The van der Waals surface area contributed by atoms with Crippen molar-refractivity contribution in [2.45, 2.75) is 51.1 Å². The van der Waals surface area contributed by atoms with Crippen LogP contribution in [0.15, 0.2) is 11.8 Å². The number of carbonyl (C=O) groups excluding carboxylic acids is 2. The van der Waals surface area contributed by atoms with Crippen molar-refractivity contribution < 1.29 is 14.3 Å². The van der Waals surface area contributed by atoms with E-state index >= 15 is 0 Å². The Balaban J connectivity index is 2.01. The average Bonchev–Trinajstić information content (AvgIpc) is 2.62. The summed E-state index contributed by atoms with van der Waals surface area (Å²) in [6.45, 7) is 5.37. The summed E-state index contributed by atoms with van der Waals surface area (Å²) in [7, 11) is 7.42. The minimum atomic E-state index is -0.0358. The molecule has 0 aromatic carbocycles. The molecule has 7 heteroatoms. The lowest BCUT2D eigenvalue weighted by Gasteiger charge is -2.47. The van der Waals surface area contributed by atoms with Gasteiger partial charge in [0.05, 0.1) is 0 Å². The SMILES string of the molecule is CCCN1C[C@@H](NC(=O)N(C)CCCOC)C[C@@H]2CC(=O)C(=CN(C)C)C[C@H]21. The third-order valence-corrected chi connectivity index (χ3v) is 5.73. The van der Waals surface area contributed by atoms with Crippen LogP contribution in [0.25, 0.3) is 0 Å². The molecule has 1 saturated heterocycles. The van der Waals surface area contributed by atoms with Gasteiger partial charge in [-0.15, -0.1) is 0 Å². The molecule has 1 aliphatic heterocycles. The fourth-order valence-electron chi connectivity index (χ4n) is 4.45. The molecule has 1 saturated carbocycles. The van der Waals surface area contributed by atoms with Crippen molar-refractivity contribution in [3.63, 3.8) is 0 Å². The van der Waals surface area contributed by atoms with Crippen molar-refractivity contribution in [1.82, 2.24) is 20.0 Å². The normalized spacial score (nSPS) is 26.8. The Morgan fingerprint density at radius 2 is 2.07 bits per heavy atom. The Bertz CT molecular complexity index is 564. The first-order valence-electron chi connectivity index (χ1n) is 10.5. The minimum Gasteiger partial charge on any atom is -0.385 e. The highest BCUT2D eigenvalue weighted by atomic mass is 16.5. The molecule has 3 atom stereocenters. The van der Waals surface area contributed by atoms with Gasteiger partial charge in [0.15, 0.2) is 5.78 Å². The molecule has 0 unspecified atom stereocenters. The Labute approximate surface area is 170 Å². The molecule has 2 amide bonds. The van der Waals surface area contributed by atoms with Crippen LogP contribution in [0, 0.1) is 5.92 Å². The molecule has 0 bridgehead atoms. The van der Waals surface area contributed by atoms with Crippen LogP contribution in [0.2, 0.25) is 0 Å². The summed E-state index contributed by atoms with van der Waals surface area (Å²) in [5, 5.41) is 3.20. The second-order valence-corrected chi connectivity index (χ2v) is 8.42. The monoisotopic (exact) mass is 394 g/mol. The Morgan fingerprint density at radius 1 is 1.32 bits per heavy atom. The minimum absolute atomic E-state index is 0.0358. The molecule has 2 rings (SSSR count). The standard InChI is InChI=1S/C21H38N4O3/c1-6-8-25-15-18(22-21(27)24(4)9-7-10-28-5)11-16-13-20(26)17(12-19(16)25)14-23(2)3/h14,16,18-19H,6-13,15H2,1-5H3,(H,22,27)/t16-,18+,19-/m1/s1.